The van der Waals surface area contributed by atoms with Crippen LogP contribution in [-0.4, -0.2) is 65.9 Å². The van der Waals surface area contributed by atoms with Crippen molar-refractivity contribution in [1.29, 1.82) is 0 Å². The third-order valence-corrected chi connectivity index (χ3v) is 9.02. The second-order valence-corrected chi connectivity index (χ2v) is 11.6. The van der Waals surface area contributed by atoms with Gasteiger partial charge in [0.2, 0.25) is 0 Å². The Morgan fingerprint density at radius 3 is 2.56 bits per heavy atom. The van der Waals surface area contributed by atoms with Crippen LogP contribution in [0.1, 0.15) is 24.0 Å². The number of benzene rings is 3. The van der Waals surface area contributed by atoms with E-state index in [-0.39, 0.29) is 12.1 Å². The number of amides is 1. The highest BCUT2D eigenvalue weighted by molar-refractivity contribution is 6.18. The minimum Gasteiger partial charge on any atom is -0.497 e. The summed E-state index contributed by atoms with van der Waals surface area (Å²) in [6, 6.07) is 26.5. The highest BCUT2D eigenvalue weighted by Crippen LogP contribution is 2.41. The van der Waals surface area contributed by atoms with Crippen molar-refractivity contribution in [1.82, 2.24) is 20.1 Å². The van der Waals surface area contributed by atoms with Crippen molar-refractivity contribution >= 4 is 22.5 Å². The average molecular weight is 574 g/mol. The fraction of sp³-hybridized carbons (Fsp3) is 0.286. The zero-order chi connectivity index (χ0) is 29.5. The molecule has 2 unspecified atom stereocenters. The summed E-state index contributed by atoms with van der Waals surface area (Å²) in [5.74, 6) is 1.92. The summed E-state index contributed by atoms with van der Waals surface area (Å²) in [5.41, 5.74) is 5.77. The third kappa shape index (κ3) is 5.02. The molecule has 1 aromatic heterocycles. The van der Waals surface area contributed by atoms with E-state index in [1.807, 2.05) is 36.5 Å². The molecule has 4 aromatic rings. The van der Waals surface area contributed by atoms with Gasteiger partial charge in [-0.05, 0) is 38.1 Å². The molecule has 0 bridgehead atoms. The molecule has 8 nitrogen and oxygen atoms in total. The fourth-order valence-corrected chi connectivity index (χ4v) is 6.53. The number of carbonyl (C=O) groups excluding carboxylic acids is 1. The van der Waals surface area contributed by atoms with Gasteiger partial charge in [-0.15, -0.1) is 0 Å². The predicted octanol–water partition coefficient (Wildman–Crippen LogP) is 5.23. The number of nitrogens with one attached hydrogen (secondary N) is 1. The molecular formula is C35H35N5O3. The van der Waals surface area contributed by atoms with E-state index in [1.165, 1.54) is 0 Å². The van der Waals surface area contributed by atoms with Crippen molar-refractivity contribution in [2.75, 3.05) is 21.3 Å². The standard InChI is InChI=1S/C35H35N5O3/c1-39(21-25-11-13-28(42-2)20-31(25)43-3)27-17-26(18-27)34-38-32(33-35(41)36-15-16-40(33)34)24-10-9-23-12-14-29(37-30(23)19-24)22-7-5-4-6-8-22/h4-16,19-20,26-27,33-34H,17-18,21H2,1-3H3,(H,36,41). The zero-order valence-corrected chi connectivity index (χ0v) is 24.6. The first-order valence-electron chi connectivity index (χ1n) is 14.7. The molecule has 0 radical (unpaired) electrons. The summed E-state index contributed by atoms with van der Waals surface area (Å²) in [6.45, 7) is 0.785. The van der Waals surface area contributed by atoms with Crippen LogP contribution in [0, 0.1) is 5.92 Å². The maximum absolute atomic E-state index is 13.2. The minimum absolute atomic E-state index is 0.0468. The summed E-state index contributed by atoms with van der Waals surface area (Å²) < 4.78 is 11.0. The molecule has 1 saturated carbocycles. The summed E-state index contributed by atoms with van der Waals surface area (Å²) >= 11 is 0. The first kappa shape index (κ1) is 27.2. The van der Waals surface area contributed by atoms with Crippen molar-refractivity contribution in [2.45, 2.75) is 37.6 Å². The zero-order valence-electron chi connectivity index (χ0n) is 24.6. The number of aromatic nitrogens is 1. The van der Waals surface area contributed by atoms with Crippen LogP contribution >= 0.6 is 0 Å². The highest BCUT2D eigenvalue weighted by atomic mass is 16.5. The van der Waals surface area contributed by atoms with Gasteiger partial charge in [0.15, 0.2) is 6.04 Å². The third-order valence-electron chi connectivity index (χ3n) is 9.02. The van der Waals surface area contributed by atoms with Gasteiger partial charge in [0.25, 0.3) is 5.91 Å². The first-order chi connectivity index (χ1) is 21.0. The smallest absolute Gasteiger partial charge is 0.253 e. The van der Waals surface area contributed by atoms with E-state index >= 15 is 0 Å². The van der Waals surface area contributed by atoms with Gasteiger partial charge in [-0.1, -0.05) is 54.6 Å². The molecule has 1 N–H and O–H groups in total. The lowest BCUT2D eigenvalue weighted by Gasteiger charge is -2.45. The van der Waals surface area contributed by atoms with Gasteiger partial charge in [0.05, 0.1) is 31.1 Å². The maximum Gasteiger partial charge on any atom is 0.253 e. The van der Waals surface area contributed by atoms with Crippen LogP contribution in [0.5, 0.6) is 11.5 Å². The van der Waals surface area contributed by atoms with Crippen LogP contribution in [0.15, 0.2) is 96.3 Å². The number of fused-ring (bicyclic) bond motifs is 2. The quantitative estimate of drug-likeness (QED) is 0.311. The molecule has 0 spiro atoms. The Hall–Kier alpha value is -4.69. The molecule has 1 fully saturated rings. The molecule has 3 aromatic carbocycles. The van der Waals surface area contributed by atoms with E-state index in [0.29, 0.717) is 12.0 Å². The van der Waals surface area contributed by atoms with Crippen LogP contribution in [0.3, 0.4) is 0 Å². The van der Waals surface area contributed by atoms with E-state index in [9.17, 15) is 4.79 Å². The van der Waals surface area contributed by atoms with Crippen LogP contribution in [0.4, 0.5) is 0 Å². The molecule has 7 rings (SSSR count). The molecule has 1 aliphatic carbocycles. The molecule has 2 aliphatic heterocycles. The topological polar surface area (TPSA) is 79.3 Å². The van der Waals surface area contributed by atoms with Crippen LogP contribution in [0.2, 0.25) is 0 Å². The molecular weight excluding hydrogens is 538 g/mol. The highest BCUT2D eigenvalue weighted by Gasteiger charge is 2.48. The van der Waals surface area contributed by atoms with Crippen LogP contribution < -0.4 is 14.8 Å². The number of carbonyl (C=O) groups is 1. The Morgan fingerprint density at radius 2 is 1.77 bits per heavy atom. The first-order valence-corrected chi connectivity index (χ1v) is 14.7. The van der Waals surface area contributed by atoms with Gasteiger partial charge in [0, 0.05) is 59.0 Å². The predicted molar refractivity (Wildman–Crippen MR) is 168 cm³/mol. The number of hydrogen-bond acceptors (Lipinski definition) is 7. The lowest BCUT2D eigenvalue weighted by atomic mass is 9.77. The van der Waals surface area contributed by atoms with Crippen molar-refractivity contribution in [2.24, 2.45) is 10.9 Å². The van der Waals surface area contributed by atoms with E-state index in [1.54, 1.807) is 20.4 Å². The number of ether oxygens (including phenoxy) is 2. The molecule has 43 heavy (non-hydrogen) atoms. The van der Waals surface area contributed by atoms with Crippen LogP contribution in [0.25, 0.3) is 22.2 Å². The van der Waals surface area contributed by atoms with Crippen molar-refractivity contribution in [3.8, 4) is 22.8 Å². The Labute approximate surface area is 251 Å². The SMILES string of the molecule is COc1ccc(CN(C)C2CC(C3N=C(c4ccc5ccc(-c6ccccc6)nc5c4)C4C(=O)NC=CN43)C2)c(OC)c1. The van der Waals surface area contributed by atoms with E-state index < -0.39 is 6.04 Å². The molecule has 8 heteroatoms. The molecule has 218 valence electrons. The van der Waals surface area contributed by atoms with Gasteiger partial charge in [-0.25, -0.2) is 4.98 Å². The second kappa shape index (κ2) is 11.2. The summed E-state index contributed by atoms with van der Waals surface area (Å²) in [6.07, 6.45) is 5.65. The number of rotatable bonds is 8. The van der Waals surface area contributed by atoms with E-state index in [4.69, 9.17) is 19.5 Å². The van der Waals surface area contributed by atoms with Gasteiger partial charge >= 0.3 is 0 Å². The molecule has 0 saturated heterocycles. The normalized spacial score (nSPS) is 22.7. The maximum atomic E-state index is 13.2. The van der Waals surface area contributed by atoms with Crippen molar-refractivity contribution in [3.63, 3.8) is 0 Å². The number of hydrogen-bond donors (Lipinski definition) is 1. The van der Waals surface area contributed by atoms with Gasteiger partial charge in [0.1, 0.15) is 17.7 Å². The Bertz CT molecular complexity index is 1730. The molecule has 3 heterocycles. The number of nitrogens with zero attached hydrogens (tertiary/aromatic N) is 4. The number of aliphatic imine (C=N–C) groups is 1. The van der Waals surface area contributed by atoms with Gasteiger partial charge in [-0.3, -0.25) is 14.7 Å². The monoisotopic (exact) mass is 573 g/mol. The van der Waals surface area contributed by atoms with Gasteiger partial charge in [-0.2, -0.15) is 0 Å². The second-order valence-electron chi connectivity index (χ2n) is 11.6. The van der Waals surface area contributed by atoms with Crippen LogP contribution in [-0.2, 0) is 11.3 Å². The largest absolute Gasteiger partial charge is 0.497 e. The summed E-state index contributed by atoms with van der Waals surface area (Å²) in [5, 5.41) is 3.96. The fourth-order valence-electron chi connectivity index (χ4n) is 6.53. The Balaban J connectivity index is 1.12. The average Bonchev–Trinajstić information content (AvgIpc) is 3.41. The summed E-state index contributed by atoms with van der Waals surface area (Å²) in [7, 11) is 5.52. The minimum atomic E-state index is -0.454. The molecule has 3 aliphatic rings. The molecule has 1 amide bonds. The van der Waals surface area contributed by atoms with Crippen molar-refractivity contribution in [3.05, 3.63) is 102 Å². The number of pyridine rings is 1. The Kier molecular flexibility index (Phi) is 7.07. The molecule has 2 atom stereocenters. The van der Waals surface area contributed by atoms with Crippen molar-refractivity contribution < 1.29 is 14.3 Å². The lowest BCUT2D eigenvalue weighted by molar-refractivity contribution is -0.123. The number of methoxy groups -OCH3 is 2. The van der Waals surface area contributed by atoms with E-state index in [2.05, 4.69) is 70.7 Å². The Morgan fingerprint density at radius 1 is 0.953 bits per heavy atom. The lowest BCUT2D eigenvalue weighted by Crippen LogP contribution is -2.54. The van der Waals surface area contributed by atoms with E-state index in [0.717, 1.165) is 69.9 Å². The van der Waals surface area contributed by atoms with Gasteiger partial charge < -0.3 is 19.7 Å². The summed E-state index contributed by atoms with van der Waals surface area (Å²) in [4.78, 5) is 27.9.